The van der Waals surface area contributed by atoms with Crippen LogP contribution >= 0.6 is 11.3 Å². The van der Waals surface area contributed by atoms with Crippen LogP contribution in [0, 0.1) is 13.8 Å². The second-order valence-electron chi connectivity index (χ2n) is 6.60. The number of hydrogen-bond acceptors (Lipinski definition) is 5. The fourth-order valence-corrected chi connectivity index (χ4v) is 4.00. The Labute approximate surface area is 167 Å². The number of carbonyl (C=O) groups is 1. The zero-order valence-corrected chi connectivity index (χ0v) is 16.7. The van der Waals surface area contributed by atoms with Gasteiger partial charge in [-0.25, -0.2) is 4.98 Å². The van der Waals surface area contributed by atoms with Crippen molar-refractivity contribution in [2.24, 2.45) is 0 Å². The molecule has 5 nitrogen and oxygen atoms in total. The summed E-state index contributed by atoms with van der Waals surface area (Å²) in [6, 6.07) is 14.9. The van der Waals surface area contributed by atoms with Gasteiger partial charge in [0, 0.05) is 5.56 Å². The number of hydrogen-bond donors (Lipinski definition) is 0. The van der Waals surface area contributed by atoms with E-state index in [1.54, 1.807) is 42.5 Å². The molecule has 0 aliphatic carbocycles. The minimum atomic E-state index is -0.133. The number of aromatic nitrogens is 1. The highest BCUT2D eigenvalue weighted by atomic mass is 32.1. The molecule has 6 heteroatoms. The quantitative estimate of drug-likeness (QED) is 0.459. The maximum Gasteiger partial charge on any atom is 0.260 e. The Morgan fingerprint density at radius 3 is 2.57 bits per heavy atom. The number of amides is 1. The summed E-state index contributed by atoms with van der Waals surface area (Å²) in [5.74, 6) is 1.28. The van der Waals surface area contributed by atoms with E-state index in [1.165, 1.54) is 22.5 Å². The van der Waals surface area contributed by atoms with Crippen LogP contribution in [0.3, 0.4) is 0 Å². The Morgan fingerprint density at radius 2 is 1.89 bits per heavy atom. The van der Waals surface area contributed by atoms with E-state index >= 15 is 0 Å². The molecule has 0 fully saturated rings. The number of nitrogens with zero attached hydrogens (tertiary/aromatic N) is 2. The maximum absolute atomic E-state index is 13.3. The fourth-order valence-electron chi connectivity index (χ4n) is 2.96. The van der Waals surface area contributed by atoms with Gasteiger partial charge in [0.25, 0.3) is 5.91 Å². The Bertz CT molecular complexity index is 1080. The molecule has 0 spiro atoms. The summed E-state index contributed by atoms with van der Waals surface area (Å²) in [5.41, 5.74) is 3.86. The maximum atomic E-state index is 13.3. The molecule has 0 saturated carbocycles. The Kier molecular flexibility index (Phi) is 4.88. The predicted octanol–water partition coefficient (Wildman–Crippen LogP) is 5.36. The number of rotatable bonds is 5. The van der Waals surface area contributed by atoms with E-state index in [1.807, 2.05) is 12.1 Å². The molecular weight excluding hydrogens is 372 g/mol. The van der Waals surface area contributed by atoms with Crippen molar-refractivity contribution in [3.63, 3.8) is 0 Å². The van der Waals surface area contributed by atoms with Gasteiger partial charge in [0.2, 0.25) is 0 Å². The van der Waals surface area contributed by atoms with Gasteiger partial charge in [0.05, 0.1) is 30.1 Å². The minimum Gasteiger partial charge on any atom is -0.497 e. The summed E-state index contributed by atoms with van der Waals surface area (Å²) >= 11 is 1.51. The van der Waals surface area contributed by atoms with Gasteiger partial charge in [-0.1, -0.05) is 11.3 Å². The van der Waals surface area contributed by atoms with Crippen LogP contribution in [0.1, 0.15) is 27.2 Å². The van der Waals surface area contributed by atoms with Crippen LogP contribution in [0.2, 0.25) is 0 Å². The molecule has 4 rings (SSSR count). The molecule has 0 aliphatic rings. The van der Waals surface area contributed by atoms with E-state index < -0.39 is 0 Å². The summed E-state index contributed by atoms with van der Waals surface area (Å²) in [4.78, 5) is 19.7. The van der Waals surface area contributed by atoms with Crippen LogP contribution in [0.5, 0.6) is 5.75 Å². The van der Waals surface area contributed by atoms with Crippen molar-refractivity contribution in [1.29, 1.82) is 0 Å². The normalized spacial score (nSPS) is 11.0. The largest absolute Gasteiger partial charge is 0.497 e. The van der Waals surface area contributed by atoms with E-state index in [9.17, 15) is 4.79 Å². The third-order valence-electron chi connectivity index (χ3n) is 4.70. The average molecular weight is 392 g/mol. The standard InChI is InChI=1S/C22H20N2O3S/c1-14-11-19-20(12-15(14)2)28-22(23-19)24(13-18-5-4-10-27-18)21(25)16-6-8-17(26-3)9-7-16/h4-12H,13H2,1-3H3. The van der Waals surface area contributed by atoms with Gasteiger partial charge in [-0.05, 0) is 73.5 Å². The second kappa shape index (κ2) is 7.48. The van der Waals surface area contributed by atoms with Crippen molar-refractivity contribution in [2.75, 3.05) is 12.0 Å². The van der Waals surface area contributed by atoms with Crippen LogP contribution in [0.25, 0.3) is 10.2 Å². The highest BCUT2D eigenvalue weighted by Gasteiger charge is 2.23. The molecule has 0 aliphatic heterocycles. The lowest BCUT2D eigenvalue weighted by Crippen LogP contribution is -2.30. The average Bonchev–Trinajstić information content (AvgIpc) is 3.35. The Balaban J connectivity index is 1.75. The molecule has 2 aromatic carbocycles. The van der Waals surface area contributed by atoms with Gasteiger partial charge in [-0.3, -0.25) is 9.69 Å². The molecule has 1 amide bonds. The van der Waals surface area contributed by atoms with Crippen LogP contribution in [-0.2, 0) is 6.54 Å². The van der Waals surface area contributed by atoms with Crippen molar-refractivity contribution in [1.82, 2.24) is 4.98 Å². The summed E-state index contributed by atoms with van der Waals surface area (Å²) in [6.07, 6.45) is 1.61. The topological polar surface area (TPSA) is 55.6 Å². The van der Waals surface area contributed by atoms with Crippen LogP contribution in [0.15, 0.2) is 59.2 Å². The molecule has 0 bridgehead atoms. The van der Waals surface area contributed by atoms with Crippen LogP contribution in [-0.4, -0.2) is 18.0 Å². The van der Waals surface area contributed by atoms with Crippen LogP contribution in [0.4, 0.5) is 5.13 Å². The van der Waals surface area contributed by atoms with Crippen molar-refractivity contribution in [2.45, 2.75) is 20.4 Å². The zero-order valence-electron chi connectivity index (χ0n) is 15.9. The SMILES string of the molecule is COc1ccc(C(=O)N(Cc2ccco2)c2nc3cc(C)c(C)cc3s2)cc1. The highest BCUT2D eigenvalue weighted by Crippen LogP contribution is 2.32. The highest BCUT2D eigenvalue weighted by molar-refractivity contribution is 7.22. The Hall–Kier alpha value is -3.12. The van der Waals surface area contributed by atoms with E-state index in [2.05, 4.69) is 26.0 Å². The van der Waals surface area contributed by atoms with Gasteiger partial charge in [-0.15, -0.1) is 0 Å². The van der Waals surface area contributed by atoms with E-state index in [4.69, 9.17) is 14.1 Å². The van der Waals surface area contributed by atoms with Gasteiger partial charge in [0.1, 0.15) is 11.5 Å². The lowest BCUT2D eigenvalue weighted by molar-refractivity contribution is 0.0983. The summed E-state index contributed by atoms with van der Waals surface area (Å²) in [6.45, 7) is 4.46. The number of carbonyl (C=O) groups excluding carboxylic acids is 1. The molecule has 4 aromatic rings. The van der Waals surface area contributed by atoms with Crippen molar-refractivity contribution in [3.8, 4) is 5.75 Å². The van der Waals surface area contributed by atoms with Crippen molar-refractivity contribution < 1.29 is 13.9 Å². The lowest BCUT2D eigenvalue weighted by Gasteiger charge is -2.19. The van der Waals surface area contributed by atoms with E-state index in [-0.39, 0.29) is 5.91 Å². The van der Waals surface area contributed by atoms with Crippen molar-refractivity contribution >= 4 is 32.6 Å². The molecule has 28 heavy (non-hydrogen) atoms. The van der Waals surface area contributed by atoms with Gasteiger partial charge < -0.3 is 9.15 Å². The van der Waals surface area contributed by atoms with E-state index in [0.717, 1.165) is 10.2 Å². The first-order valence-electron chi connectivity index (χ1n) is 8.91. The lowest BCUT2D eigenvalue weighted by atomic mass is 10.1. The van der Waals surface area contributed by atoms with Crippen LogP contribution < -0.4 is 9.64 Å². The monoisotopic (exact) mass is 392 g/mol. The molecule has 0 radical (unpaired) electrons. The number of aryl methyl sites for hydroxylation is 2. The summed E-state index contributed by atoms with van der Waals surface area (Å²) < 4.78 is 11.7. The van der Waals surface area contributed by atoms with Crippen molar-refractivity contribution in [3.05, 3.63) is 77.2 Å². The molecule has 2 heterocycles. The van der Waals surface area contributed by atoms with Gasteiger partial charge in [-0.2, -0.15) is 0 Å². The van der Waals surface area contributed by atoms with Gasteiger partial charge >= 0.3 is 0 Å². The molecule has 2 aromatic heterocycles. The fraction of sp³-hybridized carbons (Fsp3) is 0.182. The van der Waals surface area contributed by atoms with E-state index in [0.29, 0.717) is 28.7 Å². The Morgan fingerprint density at radius 1 is 1.14 bits per heavy atom. The molecule has 0 N–H and O–H groups in total. The number of ether oxygens (including phenoxy) is 1. The summed E-state index contributed by atoms with van der Waals surface area (Å²) in [5, 5.41) is 0.650. The first-order chi connectivity index (χ1) is 13.5. The first kappa shape index (κ1) is 18.3. The molecular formula is C22H20N2O3S. The molecule has 0 atom stereocenters. The molecule has 142 valence electrons. The predicted molar refractivity (Wildman–Crippen MR) is 111 cm³/mol. The number of benzene rings is 2. The summed E-state index contributed by atoms with van der Waals surface area (Å²) in [7, 11) is 1.60. The second-order valence-corrected chi connectivity index (χ2v) is 7.61. The number of thiazole rings is 1. The minimum absolute atomic E-state index is 0.133. The zero-order chi connectivity index (χ0) is 19.7. The van der Waals surface area contributed by atoms with Gasteiger partial charge in [0.15, 0.2) is 5.13 Å². The smallest absolute Gasteiger partial charge is 0.260 e. The number of furan rings is 1. The third kappa shape index (κ3) is 3.51. The number of methoxy groups -OCH3 is 1. The molecule has 0 unspecified atom stereocenters. The number of anilines is 1. The third-order valence-corrected chi connectivity index (χ3v) is 5.74. The first-order valence-corrected chi connectivity index (χ1v) is 9.73. The molecule has 0 saturated heterocycles. The number of fused-ring (bicyclic) bond motifs is 1.